The van der Waals surface area contributed by atoms with Crippen LogP contribution < -0.4 is 5.32 Å². The molecule has 2 aromatic rings. The van der Waals surface area contributed by atoms with E-state index in [0.717, 1.165) is 38.0 Å². The van der Waals surface area contributed by atoms with Crippen molar-refractivity contribution >= 4 is 17.8 Å². The van der Waals surface area contributed by atoms with Crippen LogP contribution in [0.5, 0.6) is 0 Å². The molecule has 8 nitrogen and oxygen atoms in total. The summed E-state index contributed by atoms with van der Waals surface area (Å²) in [5, 5.41) is 2.97. The number of nitrogens with one attached hydrogen (secondary N) is 1. The first-order chi connectivity index (χ1) is 20.7. The second kappa shape index (κ2) is 15.5. The van der Waals surface area contributed by atoms with Crippen molar-refractivity contribution in [1.29, 1.82) is 0 Å². The molecule has 0 saturated carbocycles. The lowest BCUT2D eigenvalue weighted by Gasteiger charge is -2.51. The van der Waals surface area contributed by atoms with Gasteiger partial charge in [0, 0.05) is 19.6 Å². The van der Waals surface area contributed by atoms with Crippen LogP contribution in [-0.4, -0.2) is 77.6 Å². The Morgan fingerprint density at radius 1 is 0.884 bits per heavy atom. The van der Waals surface area contributed by atoms with Gasteiger partial charge in [-0.05, 0) is 70.5 Å². The number of benzene rings is 2. The summed E-state index contributed by atoms with van der Waals surface area (Å²) in [7, 11) is 0. The number of rotatable bonds is 14. The highest BCUT2D eigenvalue weighted by molar-refractivity contribution is 6.00. The van der Waals surface area contributed by atoms with Crippen LogP contribution in [0.4, 0.5) is 0 Å². The number of hydrogen-bond donors (Lipinski definition) is 1. The van der Waals surface area contributed by atoms with Crippen LogP contribution in [-0.2, 0) is 36.9 Å². The van der Waals surface area contributed by atoms with Gasteiger partial charge in [-0.2, -0.15) is 0 Å². The highest BCUT2D eigenvalue weighted by Crippen LogP contribution is 2.33. The molecule has 1 atom stereocenters. The average Bonchev–Trinajstić information content (AvgIpc) is 2.98. The van der Waals surface area contributed by atoms with Crippen LogP contribution in [0, 0.1) is 0 Å². The third-order valence-corrected chi connectivity index (χ3v) is 8.38. The number of carbonyl (C=O) groups excluding carboxylic acids is 3. The van der Waals surface area contributed by atoms with Crippen molar-refractivity contribution in [3.05, 3.63) is 71.8 Å². The molecule has 234 valence electrons. The standard InChI is InChI=1S/C35H49N3O5/c1-34(2,3)43-31(39)19-23-38-32(40)30(27-42-26-29-17-11-7-12-18-29)36-33(41)35(38)20-24-37(25-21-35)22-13-5-4-8-14-28-15-9-6-10-16-28/h6-7,9-12,15-18,30H,4-5,8,13-14,19-27H2,1-3H3,(H,36,41). The summed E-state index contributed by atoms with van der Waals surface area (Å²) in [5.74, 6) is -0.712. The number of likely N-dealkylation sites (tertiary alicyclic amines) is 1. The van der Waals surface area contributed by atoms with Gasteiger partial charge < -0.3 is 24.6 Å². The highest BCUT2D eigenvalue weighted by Gasteiger charge is 2.53. The molecule has 8 heteroatoms. The number of amides is 2. The Labute approximate surface area is 257 Å². The highest BCUT2D eigenvalue weighted by atomic mass is 16.6. The van der Waals surface area contributed by atoms with Crippen LogP contribution >= 0.6 is 0 Å². The molecule has 2 saturated heterocycles. The van der Waals surface area contributed by atoms with Crippen molar-refractivity contribution in [2.24, 2.45) is 0 Å². The third-order valence-electron chi connectivity index (χ3n) is 8.38. The number of aryl methyl sites for hydroxylation is 1. The van der Waals surface area contributed by atoms with Crippen LogP contribution in [0.25, 0.3) is 0 Å². The average molecular weight is 592 g/mol. The summed E-state index contributed by atoms with van der Waals surface area (Å²) in [6.07, 6.45) is 6.95. The topological polar surface area (TPSA) is 88.2 Å². The summed E-state index contributed by atoms with van der Waals surface area (Å²) in [6.45, 7) is 8.52. The molecule has 0 radical (unpaired) electrons. The molecule has 0 bridgehead atoms. The molecular formula is C35H49N3O5. The smallest absolute Gasteiger partial charge is 0.308 e. The van der Waals surface area contributed by atoms with E-state index in [9.17, 15) is 14.4 Å². The number of unbranched alkanes of at least 4 members (excludes halogenated alkanes) is 3. The van der Waals surface area contributed by atoms with Crippen LogP contribution in [0.3, 0.4) is 0 Å². The molecular weight excluding hydrogens is 542 g/mol. The largest absolute Gasteiger partial charge is 0.460 e. The Hall–Kier alpha value is -3.23. The molecule has 2 fully saturated rings. The zero-order chi connectivity index (χ0) is 30.7. The SMILES string of the molecule is CC(C)(C)OC(=O)CCN1C(=O)C(COCc2ccccc2)NC(=O)C12CCN(CCCCCCc1ccccc1)CC2. The number of carbonyl (C=O) groups is 3. The Kier molecular flexibility index (Phi) is 11.8. The van der Waals surface area contributed by atoms with E-state index in [-0.39, 0.29) is 37.4 Å². The van der Waals surface area contributed by atoms with Crippen molar-refractivity contribution in [3.8, 4) is 0 Å². The number of esters is 1. The normalized spacial score (nSPS) is 19.0. The zero-order valence-corrected chi connectivity index (χ0v) is 26.2. The van der Waals surface area contributed by atoms with Crippen LogP contribution in [0.1, 0.15) is 76.8 Å². The van der Waals surface area contributed by atoms with Crippen LogP contribution in [0.2, 0.25) is 0 Å². The van der Waals surface area contributed by atoms with Gasteiger partial charge in [0.2, 0.25) is 11.8 Å². The number of nitrogens with zero attached hydrogens (tertiary/aromatic N) is 2. The van der Waals surface area contributed by atoms with Gasteiger partial charge in [0.25, 0.3) is 0 Å². The third kappa shape index (κ3) is 9.63. The van der Waals surface area contributed by atoms with E-state index in [1.165, 1.54) is 24.8 Å². The maximum absolute atomic E-state index is 13.8. The predicted molar refractivity (Wildman–Crippen MR) is 167 cm³/mol. The van der Waals surface area contributed by atoms with E-state index < -0.39 is 17.2 Å². The molecule has 1 unspecified atom stereocenters. The molecule has 2 amide bonds. The molecule has 4 rings (SSSR count). The van der Waals surface area contributed by atoms with E-state index in [1.54, 1.807) is 4.90 Å². The van der Waals surface area contributed by atoms with E-state index >= 15 is 0 Å². The van der Waals surface area contributed by atoms with Crippen molar-refractivity contribution in [2.75, 3.05) is 32.8 Å². The second-order valence-corrected chi connectivity index (χ2v) is 12.9. The minimum absolute atomic E-state index is 0.0440. The maximum atomic E-state index is 13.8. The lowest BCUT2D eigenvalue weighted by molar-refractivity contribution is -0.166. The quantitative estimate of drug-likeness (QED) is 0.248. The summed E-state index contributed by atoms with van der Waals surface area (Å²) in [4.78, 5) is 44.2. The molecule has 43 heavy (non-hydrogen) atoms. The first-order valence-corrected chi connectivity index (χ1v) is 15.9. The van der Waals surface area contributed by atoms with Gasteiger partial charge in [-0.15, -0.1) is 0 Å². The number of piperazine rings is 1. The molecule has 2 aromatic carbocycles. The van der Waals surface area contributed by atoms with E-state index in [2.05, 4.69) is 40.5 Å². The maximum Gasteiger partial charge on any atom is 0.308 e. The Bertz CT molecular complexity index is 1170. The fourth-order valence-electron chi connectivity index (χ4n) is 6.08. The van der Waals surface area contributed by atoms with Gasteiger partial charge in [-0.3, -0.25) is 14.4 Å². The minimum atomic E-state index is -0.957. The van der Waals surface area contributed by atoms with E-state index in [4.69, 9.17) is 9.47 Å². The summed E-state index contributed by atoms with van der Waals surface area (Å²) < 4.78 is 11.4. The Morgan fingerprint density at radius 3 is 2.16 bits per heavy atom. The fourth-order valence-corrected chi connectivity index (χ4v) is 6.08. The summed E-state index contributed by atoms with van der Waals surface area (Å²) in [6, 6.07) is 19.6. The van der Waals surface area contributed by atoms with Crippen molar-refractivity contribution < 1.29 is 23.9 Å². The van der Waals surface area contributed by atoms with Gasteiger partial charge in [-0.1, -0.05) is 73.5 Å². The van der Waals surface area contributed by atoms with Gasteiger partial charge in [0.05, 0.1) is 19.6 Å². The number of ether oxygens (including phenoxy) is 2. The van der Waals surface area contributed by atoms with Gasteiger partial charge >= 0.3 is 5.97 Å². The molecule has 1 N–H and O–H groups in total. The zero-order valence-electron chi connectivity index (χ0n) is 26.2. The van der Waals surface area contributed by atoms with Crippen LogP contribution in [0.15, 0.2) is 60.7 Å². The predicted octanol–water partition coefficient (Wildman–Crippen LogP) is 4.90. The first-order valence-electron chi connectivity index (χ1n) is 15.9. The monoisotopic (exact) mass is 591 g/mol. The fraction of sp³-hybridized carbons (Fsp3) is 0.571. The van der Waals surface area contributed by atoms with Gasteiger partial charge in [-0.25, -0.2) is 0 Å². The molecule has 2 aliphatic heterocycles. The van der Waals surface area contributed by atoms with Crippen molar-refractivity contribution in [3.63, 3.8) is 0 Å². The van der Waals surface area contributed by atoms with E-state index in [0.29, 0.717) is 19.4 Å². The molecule has 1 spiro atoms. The van der Waals surface area contributed by atoms with Crippen molar-refractivity contribution in [1.82, 2.24) is 15.1 Å². The summed E-state index contributed by atoms with van der Waals surface area (Å²) in [5.41, 5.74) is 0.823. The molecule has 0 aromatic heterocycles. The molecule has 2 aliphatic rings. The Balaban J connectivity index is 1.31. The lowest BCUT2D eigenvalue weighted by Crippen LogP contribution is -2.73. The minimum Gasteiger partial charge on any atom is -0.460 e. The lowest BCUT2D eigenvalue weighted by atomic mass is 9.81. The molecule has 2 heterocycles. The van der Waals surface area contributed by atoms with Gasteiger partial charge in [0.15, 0.2) is 0 Å². The Morgan fingerprint density at radius 2 is 1.51 bits per heavy atom. The first kappa shape index (κ1) is 32.7. The van der Waals surface area contributed by atoms with Crippen molar-refractivity contribution in [2.45, 2.75) is 95.9 Å². The second-order valence-electron chi connectivity index (χ2n) is 12.9. The van der Waals surface area contributed by atoms with Gasteiger partial charge in [0.1, 0.15) is 17.2 Å². The van der Waals surface area contributed by atoms with E-state index in [1.807, 2.05) is 51.1 Å². The molecule has 0 aliphatic carbocycles. The number of hydrogen-bond acceptors (Lipinski definition) is 6. The number of piperidine rings is 1. The summed E-state index contributed by atoms with van der Waals surface area (Å²) >= 11 is 0.